The van der Waals surface area contributed by atoms with Gasteiger partial charge < -0.3 is 10.4 Å². The van der Waals surface area contributed by atoms with E-state index in [0.717, 1.165) is 48.5 Å². The molecule has 1 atom stereocenters. The minimum absolute atomic E-state index is 0.0229. The highest BCUT2D eigenvalue weighted by atomic mass is 32.1. The number of rotatable bonds is 5. The molecule has 128 valence electrons. The van der Waals surface area contributed by atoms with E-state index in [1.807, 2.05) is 6.92 Å². The zero-order chi connectivity index (χ0) is 16.7. The average molecular weight is 347 g/mol. The number of thiophene rings is 1. The van der Waals surface area contributed by atoms with E-state index in [1.54, 1.807) is 15.9 Å². The standard InChI is InChI=1S/C15H21N7OS/c1-3-9(8-23)16-13-12-10-5-6-21(4-2)7-11(10)24-14(12)22-15(17-13)18-19-20-22/h9,23H,3-8H2,1-2H3,(H,16,17,18,20)/t9-/m0/s1. The zero-order valence-corrected chi connectivity index (χ0v) is 14.7. The van der Waals surface area contributed by atoms with Gasteiger partial charge in [-0.05, 0) is 35.4 Å². The summed E-state index contributed by atoms with van der Waals surface area (Å²) in [6.45, 7) is 7.39. The first-order valence-corrected chi connectivity index (χ1v) is 9.18. The fourth-order valence-electron chi connectivity index (χ4n) is 3.22. The normalized spacial score (nSPS) is 16.6. The number of likely N-dealkylation sites (N-methyl/N-ethyl adjacent to an activating group) is 1. The van der Waals surface area contributed by atoms with Crippen molar-refractivity contribution in [1.29, 1.82) is 0 Å². The summed E-state index contributed by atoms with van der Waals surface area (Å²) in [5, 5.41) is 25.9. The predicted octanol–water partition coefficient (Wildman–Crippen LogP) is 1.29. The molecule has 1 aliphatic rings. The van der Waals surface area contributed by atoms with Crippen LogP contribution >= 0.6 is 11.3 Å². The van der Waals surface area contributed by atoms with Crippen LogP contribution in [0.5, 0.6) is 0 Å². The van der Waals surface area contributed by atoms with Gasteiger partial charge in [0.15, 0.2) is 0 Å². The molecule has 3 aromatic heterocycles. The number of nitrogens with one attached hydrogen (secondary N) is 1. The Morgan fingerprint density at radius 1 is 1.38 bits per heavy atom. The Labute approximate surface area is 143 Å². The Morgan fingerprint density at radius 3 is 3.00 bits per heavy atom. The third-order valence-electron chi connectivity index (χ3n) is 4.71. The summed E-state index contributed by atoms with van der Waals surface area (Å²) < 4.78 is 1.72. The smallest absolute Gasteiger partial charge is 0.276 e. The second-order valence-corrected chi connectivity index (χ2v) is 7.17. The van der Waals surface area contributed by atoms with Crippen molar-refractivity contribution < 1.29 is 5.11 Å². The van der Waals surface area contributed by atoms with Crippen LogP contribution in [0.2, 0.25) is 0 Å². The van der Waals surface area contributed by atoms with E-state index >= 15 is 0 Å². The van der Waals surface area contributed by atoms with E-state index in [0.29, 0.717) is 5.78 Å². The first kappa shape index (κ1) is 15.7. The lowest BCUT2D eigenvalue weighted by Gasteiger charge is -2.25. The molecule has 1 aliphatic heterocycles. The number of anilines is 1. The molecule has 0 amide bonds. The second kappa shape index (κ2) is 6.23. The quantitative estimate of drug-likeness (QED) is 0.718. The van der Waals surface area contributed by atoms with Crippen LogP contribution in [0.25, 0.3) is 16.0 Å². The van der Waals surface area contributed by atoms with Gasteiger partial charge in [-0.3, -0.25) is 4.90 Å². The summed E-state index contributed by atoms with van der Waals surface area (Å²) in [7, 11) is 0. The van der Waals surface area contributed by atoms with Crippen molar-refractivity contribution in [1.82, 2.24) is 29.9 Å². The van der Waals surface area contributed by atoms with Gasteiger partial charge in [0.1, 0.15) is 10.6 Å². The minimum atomic E-state index is -0.0229. The van der Waals surface area contributed by atoms with Crippen molar-refractivity contribution in [2.45, 2.75) is 39.3 Å². The van der Waals surface area contributed by atoms with Crippen LogP contribution in [0.3, 0.4) is 0 Å². The lowest BCUT2D eigenvalue weighted by Crippen LogP contribution is -2.29. The van der Waals surface area contributed by atoms with Gasteiger partial charge in [0.05, 0.1) is 18.0 Å². The molecule has 0 bridgehead atoms. The third-order valence-corrected chi connectivity index (χ3v) is 5.90. The average Bonchev–Trinajstić information content (AvgIpc) is 3.22. The lowest BCUT2D eigenvalue weighted by atomic mass is 10.0. The van der Waals surface area contributed by atoms with E-state index in [1.165, 1.54) is 10.4 Å². The minimum Gasteiger partial charge on any atom is -0.394 e. The van der Waals surface area contributed by atoms with Crippen molar-refractivity contribution in [3.63, 3.8) is 0 Å². The third kappa shape index (κ3) is 2.43. The van der Waals surface area contributed by atoms with Gasteiger partial charge in [0.25, 0.3) is 5.78 Å². The Kier molecular flexibility index (Phi) is 4.07. The molecule has 8 nitrogen and oxygen atoms in total. The van der Waals surface area contributed by atoms with Gasteiger partial charge in [-0.1, -0.05) is 18.9 Å². The van der Waals surface area contributed by atoms with Crippen molar-refractivity contribution in [3.8, 4) is 0 Å². The van der Waals surface area contributed by atoms with Crippen LogP contribution in [0, 0.1) is 0 Å². The van der Waals surface area contributed by atoms with E-state index < -0.39 is 0 Å². The fraction of sp³-hybridized carbons (Fsp3) is 0.600. The molecular formula is C15H21N7OS. The number of hydrogen-bond acceptors (Lipinski definition) is 8. The highest BCUT2D eigenvalue weighted by Crippen LogP contribution is 2.38. The van der Waals surface area contributed by atoms with Crippen molar-refractivity contribution in [2.75, 3.05) is 25.0 Å². The molecule has 4 heterocycles. The van der Waals surface area contributed by atoms with E-state index in [-0.39, 0.29) is 12.6 Å². The highest BCUT2D eigenvalue weighted by molar-refractivity contribution is 7.19. The van der Waals surface area contributed by atoms with Crippen molar-refractivity contribution in [2.24, 2.45) is 0 Å². The van der Waals surface area contributed by atoms with Gasteiger partial charge in [-0.25, -0.2) is 0 Å². The van der Waals surface area contributed by atoms with Crippen molar-refractivity contribution in [3.05, 3.63) is 10.4 Å². The molecule has 0 fully saturated rings. The second-order valence-electron chi connectivity index (χ2n) is 6.09. The Balaban J connectivity index is 1.91. The summed E-state index contributed by atoms with van der Waals surface area (Å²) in [5.74, 6) is 1.28. The molecule has 3 aromatic rings. The van der Waals surface area contributed by atoms with E-state index in [2.05, 4.69) is 37.6 Å². The monoisotopic (exact) mass is 347 g/mol. The number of aliphatic hydroxyl groups is 1. The largest absolute Gasteiger partial charge is 0.394 e. The topological polar surface area (TPSA) is 91.5 Å². The molecule has 0 spiro atoms. The summed E-state index contributed by atoms with van der Waals surface area (Å²) in [6, 6.07) is -0.0229. The van der Waals surface area contributed by atoms with Gasteiger partial charge in [0, 0.05) is 18.0 Å². The molecule has 0 unspecified atom stereocenters. The Bertz CT molecular complexity index is 870. The van der Waals surface area contributed by atoms with Crippen LogP contribution in [-0.4, -0.2) is 60.8 Å². The Morgan fingerprint density at radius 2 is 2.25 bits per heavy atom. The molecule has 2 N–H and O–H groups in total. The number of fused-ring (bicyclic) bond motifs is 5. The number of nitrogens with zero attached hydrogens (tertiary/aromatic N) is 6. The van der Waals surface area contributed by atoms with E-state index in [4.69, 9.17) is 0 Å². The predicted molar refractivity (Wildman–Crippen MR) is 93.4 cm³/mol. The van der Waals surface area contributed by atoms with Crippen LogP contribution in [0.15, 0.2) is 0 Å². The van der Waals surface area contributed by atoms with Crippen molar-refractivity contribution >= 4 is 33.1 Å². The van der Waals surface area contributed by atoms with Gasteiger partial charge >= 0.3 is 0 Å². The SMILES string of the molecule is CC[C@@H](CO)Nc1nc2nnnn2c2sc3c(c12)CCN(CC)C3. The van der Waals surface area contributed by atoms with Crippen LogP contribution in [0.1, 0.15) is 30.7 Å². The van der Waals surface area contributed by atoms with Gasteiger partial charge in [-0.15, -0.1) is 11.3 Å². The Hall–Kier alpha value is -1.84. The first-order chi connectivity index (χ1) is 11.7. The summed E-state index contributed by atoms with van der Waals surface area (Å²) in [5.41, 5.74) is 1.35. The fourth-order valence-corrected chi connectivity index (χ4v) is 4.55. The summed E-state index contributed by atoms with van der Waals surface area (Å²) in [6.07, 6.45) is 1.83. The molecule has 0 radical (unpaired) electrons. The number of aromatic nitrogens is 5. The number of tetrazole rings is 1. The van der Waals surface area contributed by atoms with Crippen LogP contribution in [0.4, 0.5) is 5.82 Å². The molecular weight excluding hydrogens is 326 g/mol. The van der Waals surface area contributed by atoms with Crippen LogP contribution in [-0.2, 0) is 13.0 Å². The maximum absolute atomic E-state index is 9.55. The molecule has 0 saturated carbocycles. The van der Waals surface area contributed by atoms with Gasteiger partial charge in [0.2, 0.25) is 0 Å². The maximum atomic E-state index is 9.55. The molecule has 0 saturated heterocycles. The number of hydrogen-bond donors (Lipinski definition) is 2. The molecule has 4 rings (SSSR count). The van der Waals surface area contributed by atoms with Crippen LogP contribution < -0.4 is 5.32 Å². The molecule has 24 heavy (non-hydrogen) atoms. The molecule has 9 heteroatoms. The molecule has 0 aromatic carbocycles. The zero-order valence-electron chi connectivity index (χ0n) is 13.9. The van der Waals surface area contributed by atoms with E-state index in [9.17, 15) is 5.11 Å². The highest BCUT2D eigenvalue weighted by Gasteiger charge is 2.25. The lowest BCUT2D eigenvalue weighted by molar-refractivity contribution is 0.271. The molecule has 0 aliphatic carbocycles. The maximum Gasteiger partial charge on any atom is 0.276 e. The van der Waals surface area contributed by atoms with Gasteiger partial charge in [-0.2, -0.15) is 9.50 Å². The first-order valence-electron chi connectivity index (χ1n) is 8.37. The summed E-state index contributed by atoms with van der Waals surface area (Å²) >= 11 is 1.75. The number of aliphatic hydroxyl groups excluding tert-OH is 1. The summed E-state index contributed by atoms with van der Waals surface area (Å²) in [4.78, 5) is 9.45.